The van der Waals surface area contributed by atoms with E-state index in [2.05, 4.69) is 5.09 Å². The monoisotopic (exact) mass is 383 g/mol. The molecular formula is C18H28N2O5P+. The van der Waals surface area contributed by atoms with Crippen LogP contribution in [0.1, 0.15) is 38.2 Å². The van der Waals surface area contributed by atoms with Crippen LogP contribution in [0.5, 0.6) is 0 Å². The van der Waals surface area contributed by atoms with Crippen molar-refractivity contribution in [2.45, 2.75) is 45.1 Å². The van der Waals surface area contributed by atoms with Crippen LogP contribution in [0.15, 0.2) is 30.3 Å². The van der Waals surface area contributed by atoms with Crippen LogP contribution in [0, 0.1) is 0 Å². The first-order chi connectivity index (χ1) is 12.3. The minimum absolute atomic E-state index is 0.0652. The lowest BCUT2D eigenvalue weighted by molar-refractivity contribution is -0.791. The van der Waals surface area contributed by atoms with Crippen LogP contribution in [-0.4, -0.2) is 51.8 Å². The van der Waals surface area contributed by atoms with Crippen molar-refractivity contribution in [1.82, 2.24) is 5.09 Å². The zero-order chi connectivity index (χ0) is 19.2. The fraction of sp³-hybridized carbons (Fsp3) is 0.556. The summed E-state index contributed by atoms with van der Waals surface area (Å²) in [5, 5.41) is 11.9. The molecule has 1 aliphatic rings. The highest BCUT2D eigenvalue weighted by atomic mass is 31.2. The van der Waals surface area contributed by atoms with E-state index in [0.717, 1.165) is 12.8 Å². The summed E-state index contributed by atoms with van der Waals surface area (Å²) in [6.45, 7) is 1.58. The Bertz CT molecular complexity index is 681. The van der Waals surface area contributed by atoms with Gasteiger partial charge < -0.3 is 10.00 Å². The van der Waals surface area contributed by atoms with Gasteiger partial charge in [-0.2, -0.15) is 9.28 Å². The van der Waals surface area contributed by atoms with Crippen LogP contribution < -0.4 is 5.09 Å². The van der Waals surface area contributed by atoms with Crippen LogP contribution in [0.2, 0.25) is 0 Å². The summed E-state index contributed by atoms with van der Waals surface area (Å²) in [5.74, 6) is -0.555. The Labute approximate surface area is 154 Å². The molecule has 3 N–H and O–H groups in total. The number of quaternary nitrogens is 1. The van der Waals surface area contributed by atoms with Gasteiger partial charge in [-0.3, -0.25) is 4.57 Å². The zero-order valence-corrected chi connectivity index (χ0v) is 16.0. The van der Waals surface area contributed by atoms with Crippen LogP contribution in [0.25, 0.3) is 0 Å². The zero-order valence-electron chi connectivity index (χ0n) is 15.1. The summed E-state index contributed by atoms with van der Waals surface area (Å²) in [7, 11) is -3.66. The number of aryl methyl sites for hydroxylation is 1. The SMILES string of the molecule is C[C@@H]1CCC[N+]1(C(=O)O)C(=O)CNP(=O)(O)CCCCc1ccccc1. The molecule has 0 aromatic heterocycles. The molecule has 26 heavy (non-hydrogen) atoms. The van der Waals surface area contributed by atoms with Gasteiger partial charge in [0.25, 0.3) is 7.52 Å². The number of imide groups is 1. The van der Waals surface area contributed by atoms with E-state index in [0.29, 0.717) is 19.3 Å². The first-order valence-electron chi connectivity index (χ1n) is 9.03. The Morgan fingerprint density at radius 3 is 2.54 bits per heavy atom. The Hall–Kier alpha value is -1.53. The Morgan fingerprint density at radius 2 is 1.96 bits per heavy atom. The Morgan fingerprint density at radius 1 is 1.27 bits per heavy atom. The fourth-order valence-corrected chi connectivity index (χ4v) is 4.74. The number of benzene rings is 1. The molecule has 0 aliphatic carbocycles. The van der Waals surface area contributed by atoms with Gasteiger partial charge in [-0.05, 0) is 31.7 Å². The van der Waals surface area contributed by atoms with Gasteiger partial charge in [-0.25, -0.2) is 9.88 Å². The van der Waals surface area contributed by atoms with Crippen molar-refractivity contribution in [2.75, 3.05) is 19.3 Å². The smallest absolute Gasteiger partial charge is 0.435 e. The number of amides is 2. The number of nitrogens with zero attached hydrogens (tertiary/aromatic N) is 1. The molecule has 2 amide bonds. The van der Waals surface area contributed by atoms with E-state index in [-0.39, 0.29) is 18.7 Å². The van der Waals surface area contributed by atoms with Crippen LogP contribution in [0.4, 0.5) is 4.79 Å². The Balaban J connectivity index is 1.80. The minimum Gasteiger partial charge on any atom is -0.435 e. The van der Waals surface area contributed by atoms with Crippen molar-refractivity contribution in [2.24, 2.45) is 0 Å². The number of nitrogens with one attached hydrogen (secondary N) is 1. The molecule has 2 unspecified atom stereocenters. The third-order valence-electron chi connectivity index (χ3n) is 5.17. The maximum atomic E-state index is 12.5. The molecule has 1 saturated heterocycles. The van der Waals surface area contributed by atoms with Gasteiger partial charge >= 0.3 is 12.0 Å². The molecule has 1 aliphatic heterocycles. The lowest BCUT2D eigenvalue weighted by Crippen LogP contribution is -2.60. The molecule has 1 aromatic rings. The molecule has 7 nitrogen and oxygen atoms in total. The van der Waals surface area contributed by atoms with Gasteiger partial charge in [-0.1, -0.05) is 30.3 Å². The van der Waals surface area contributed by atoms with Crippen molar-refractivity contribution in [1.29, 1.82) is 0 Å². The van der Waals surface area contributed by atoms with Gasteiger partial charge in [0.1, 0.15) is 12.6 Å². The number of carbonyl (C=O) groups is 2. The number of hydrogen-bond acceptors (Lipinski definition) is 3. The largest absolute Gasteiger partial charge is 0.521 e. The molecule has 0 bridgehead atoms. The van der Waals surface area contributed by atoms with Gasteiger partial charge in [0.05, 0.1) is 6.54 Å². The summed E-state index contributed by atoms with van der Waals surface area (Å²) in [6, 6.07) is 9.58. The summed E-state index contributed by atoms with van der Waals surface area (Å²) >= 11 is 0. The topological polar surface area (TPSA) is 104 Å². The van der Waals surface area contributed by atoms with Crippen LogP contribution in [0.3, 0.4) is 0 Å². The number of likely N-dealkylation sites (tertiary alicyclic amines) is 1. The quantitative estimate of drug-likeness (QED) is 0.362. The molecule has 0 saturated carbocycles. The molecule has 2 rings (SSSR count). The second-order valence-corrected chi connectivity index (χ2v) is 9.13. The number of unbranched alkanes of at least 4 members (excludes halogenated alkanes) is 1. The maximum Gasteiger partial charge on any atom is 0.521 e. The molecule has 144 valence electrons. The van der Waals surface area contributed by atoms with E-state index in [4.69, 9.17) is 0 Å². The van der Waals surface area contributed by atoms with Crippen molar-refractivity contribution in [3.05, 3.63) is 35.9 Å². The number of rotatable bonds is 8. The lowest BCUT2D eigenvalue weighted by Gasteiger charge is -2.29. The molecule has 1 heterocycles. The fourth-order valence-electron chi connectivity index (χ4n) is 3.55. The highest BCUT2D eigenvalue weighted by molar-refractivity contribution is 7.55. The van der Waals surface area contributed by atoms with Crippen molar-refractivity contribution in [3.8, 4) is 0 Å². The van der Waals surface area contributed by atoms with E-state index < -0.39 is 30.5 Å². The molecule has 0 spiro atoms. The number of carbonyl (C=O) groups excluding carboxylic acids is 1. The number of hydrogen-bond donors (Lipinski definition) is 3. The van der Waals surface area contributed by atoms with Crippen molar-refractivity contribution >= 4 is 19.5 Å². The summed E-state index contributed by atoms with van der Waals surface area (Å²) in [6.07, 6.45) is 2.36. The summed E-state index contributed by atoms with van der Waals surface area (Å²) < 4.78 is 11.6. The Kier molecular flexibility index (Phi) is 7.12. The standard InChI is InChI=1S/C18H27N2O5P/c1-15-8-7-12-20(15,18(22)23)17(21)14-19-26(24,25)13-6-5-11-16-9-3-2-4-10-16/h2-4,9-10,15H,5-8,11-14H2,1H3,(H2-,19,22,23,24,25)/p+1/t15-,20?/m1/s1. The predicted octanol–water partition coefficient (Wildman–Crippen LogP) is 2.99. The molecule has 0 radical (unpaired) electrons. The lowest BCUT2D eigenvalue weighted by atomic mass is 10.1. The van der Waals surface area contributed by atoms with Gasteiger partial charge in [0.2, 0.25) is 0 Å². The predicted molar refractivity (Wildman–Crippen MR) is 98.9 cm³/mol. The van der Waals surface area contributed by atoms with E-state index >= 15 is 0 Å². The van der Waals surface area contributed by atoms with Gasteiger partial charge in [0, 0.05) is 19.0 Å². The highest BCUT2D eigenvalue weighted by Gasteiger charge is 2.52. The maximum absolute atomic E-state index is 12.5. The van der Waals surface area contributed by atoms with Crippen molar-refractivity contribution < 1.29 is 28.6 Å². The number of carboxylic acid groups (broad SMARTS) is 1. The van der Waals surface area contributed by atoms with E-state index in [1.807, 2.05) is 30.3 Å². The average molecular weight is 383 g/mol. The second-order valence-electron chi connectivity index (χ2n) is 6.96. The minimum atomic E-state index is -3.66. The van der Waals surface area contributed by atoms with Crippen LogP contribution in [-0.2, 0) is 15.8 Å². The molecule has 1 aromatic carbocycles. The molecule has 1 fully saturated rings. The molecular weight excluding hydrogens is 355 g/mol. The third kappa shape index (κ3) is 5.01. The first kappa shape index (κ1) is 20.8. The summed E-state index contributed by atoms with van der Waals surface area (Å²) in [5.41, 5.74) is 1.18. The van der Waals surface area contributed by atoms with Crippen LogP contribution >= 0.6 is 7.52 Å². The average Bonchev–Trinajstić information content (AvgIpc) is 3.00. The van der Waals surface area contributed by atoms with E-state index in [1.165, 1.54) is 5.56 Å². The van der Waals surface area contributed by atoms with Gasteiger partial charge in [-0.15, -0.1) is 0 Å². The summed E-state index contributed by atoms with van der Waals surface area (Å²) in [4.78, 5) is 34.1. The first-order valence-corrected chi connectivity index (χ1v) is 10.9. The second kappa shape index (κ2) is 8.91. The van der Waals surface area contributed by atoms with E-state index in [1.54, 1.807) is 6.92 Å². The molecule has 3 atom stereocenters. The highest BCUT2D eigenvalue weighted by Crippen LogP contribution is 2.37. The van der Waals surface area contributed by atoms with E-state index in [9.17, 15) is 24.2 Å². The van der Waals surface area contributed by atoms with Gasteiger partial charge in [0.15, 0.2) is 0 Å². The molecule has 8 heteroatoms. The normalized spacial score (nSPS) is 24.9. The third-order valence-corrected chi connectivity index (χ3v) is 6.74. The van der Waals surface area contributed by atoms with Crippen molar-refractivity contribution in [3.63, 3.8) is 0 Å².